The third-order valence-corrected chi connectivity index (χ3v) is 2.42. The standard InChI is InChI=1S/C15H26N2O2/c1-12(2)10-16-11-14-6-5-7-15(17-14)19-9-8-18-13(3)4/h5-7,12-13,16H,8-11H2,1-4H3. The van der Waals surface area contributed by atoms with Crippen LogP contribution in [-0.4, -0.2) is 30.8 Å². The van der Waals surface area contributed by atoms with E-state index in [1.54, 1.807) is 0 Å². The van der Waals surface area contributed by atoms with Crippen molar-refractivity contribution in [3.8, 4) is 5.88 Å². The van der Waals surface area contributed by atoms with Crippen molar-refractivity contribution in [2.45, 2.75) is 40.3 Å². The van der Waals surface area contributed by atoms with Gasteiger partial charge in [-0.25, -0.2) is 4.98 Å². The summed E-state index contributed by atoms with van der Waals surface area (Å²) in [5.41, 5.74) is 1.00. The van der Waals surface area contributed by atoms with Gasteiger partial charge in [-0.3, -0.25) is 0 Å². The van der Waals surface area contributed by atoms with Gasteiger partial charge in [0, 0.05) is 12.6 Å². The summed E-state index contributed by atoms with van der Waals surface area (Å²) in [5, 5.41) is 3.37. The van der Waals surface area contributed by atoms with Crippen molar-refractivity contribution in [2.24, 2.45) is 5.92 Å². The number of aromatic nitrogens is 1. The summed E-state index contributed by atoms with van der Waals surface area (Å²) in [6.45, 7) is 11.3. The maximum absolute atomic E-state index is 5.56. The molecule has 1 N–H and O–H groups in total. The van der Waals surface area contributed by atoms with E-state index in [2.05, 4.69) is 24.1 Å². The Bertz CT molecular complexity index is 354. The highest BCUT2D eigenvalue weighted by molar-refractivity contribution is 5.15. The van der Waals surface area contributed by atoms with Crippen LogP contribution in [0, 0.1) is 5.92 Å². The van der Waals surface area contributed by atoms with Gasteiger partial charge in [-0.05, 0) is 32.4 Å². The Morgan fingerprint density at radius 3 is 2.63 bits per heavy atom. The molecule has 1 aromatic heterocycles. The zero-order valence-electron chi connectivity index (χ0n) is 12.5. The molecule has 0 bridgehead atoms. The highest BCUT2D eigenvalue weighted by atomic mass is 16.5. The monoisotopic (exact) mass is 266 g/mol. The second-order valence-electron chi connectivity index (χ2n) is 5.26. The molecule has 0 aromatic carbocycles. The van der Waals surface area contributed by atoms with Crippen LogP contribution in [0.4, 0.5) is 0 Å². The number of ether oxygens (including phenoxy) is 2. The van der Waals surface area contributed by atoms with Crippen molar-refractivity contribution in [1.82, 2.24) is 10.3 Å². The molecule has 0 saturated heterocycles. The lowest BCUT2D eigenvalue weighted by atomic mass is 10.2. The zero-order chi connectivity index (χ0) is 14.1. The van der Waals surface area contributed by atoms with Gasteiger partial charge in [0.2, 0.25) is 5.88 Å². The molecule has 4 nitrogen and oxygen atoms in total. The Kier molecular flexibility index (Phi) is 7.45. The molecule has 0 radical (unpaired) electrons. The first-order chi connectivity index (χ1) is 9.08. The molecule has 0 aliphatic heterocycles. The van der Waals surface area contributed by atoms with E-state index in [0.29, 0.717) is 25.0 Å². The third kappa shape index (κ3) is 7.80. The molecule has 1 aromatic rings. The van der Waals surface area contributed by atoms with Gasteiger partial charge in [0.15, 0.2) is 0 Å². The fourth-order valence-corrected chi connectivity index (χ4v) is 1.56. The van der Waals surface area contributed by atoms with Crippen LogP contribution < -0.4 is 10.1 Å². The average Bonchev–Trinajstić information content (AvgIpc) is 2.34. The minimum Gasteiger partial charge on any atom is -0.475 e. The molecule has 0 unspecified atom stereocenters. The lowest BCUT2D eigenvalue weighted by molar-refractivity contribution is 0.0542. The molecular formula is C15H26N2O2. The van der Waals surface area contributed by atoms with Crippen molar-refractivity contribution < 1.29 is 9.47 Å². The highest BCUT2D eigenvalue weighted by Crippen LogP contribution is 2.07. The van der Waals surface area contributed by atoms with Crippen LogP contribution in [0.1, 0.15) is 33.4 Å². The van der Waals surface area contributed by atoms with E-state index >= 15 is 0 Å². The maximum Gasteiger partial charge on any atom is 0.213 e. The molecule has 4 heteroatoms. The molecule has 108 valence electrons. The minimum atomic E-state index is 0.239. The lowest BCUT2D eigenvalue weighted by Crippen LogP contribution is -2.19. The summed E-state index contributed by atoms with van der Waals surface area (Å²) in [4.78, 5) is 4.45. The Balaban J connectivity index is 2.31. The summed E-state index contributed by atoms with van der Waals surface area (Å²) in [7, 11) is 0. The number of hydrogen-bond donors (Lipinski definition) is 1. The van der Waals surface area contributed by atoms with Gasteiger partial charge in [-0.1, -0.05) is 19.9 Å². The first-order valence-electron chi connectivity index (χ1n) is 6.99. The van der Waals surface area contributed by atoms with Crippen LogP contribution in [0.2, 0.25) is 0 Å². The van der Waals surface area contributed by atoms with Crippen molar-refractivity contribution in [3.05, 3.63) is 23.9 Å². The minimum absolute atomic E-state index is 0.239. The summed E-state index contributed by atoms with van der Waals surface area (Å²) in [5.74, 6) is 1.31. The molecule has 0 saturated carbocycles. The lowest BCUT2D eigenvalue weighted by Gasteiger charge is -2.10. The molecule has 1 heterocycles. The fraction of sp³-hybridized carbons (Fsp3) is 0.667. The van der Waals surface area contributed by atoms with Crippen molar-refractivity contribution >= 4 is 0 Å². The predicted molar refractivity (Wildman–Crippen MR) is 77.4 cm³/mol. The predicted octanol–water partition coefficient (Wildman–Crippen LogP) is 2.63. The van der Waals surface area contributed by atoms with E-state index in [0.717, 1.165) is 18.8 Å². The van der Waals surface area contributed by atoms with Crippen LogP contribution in [0.3, 0.4) is 0 Å². The van der Waals surface area contributed by atoms with E-state index in [9.17, 15) is 0 Å². The Hall–Kier alpha value is -1.13. The van der Waals surface area contributed by atoms with Gasteiger partial charge < -0.3 is 14.8 Å². The van der Waals surface area contributed by atoms with E-state index in [4.69, 9.17) is 9.47 Å². The largest absolute Gasteiger partial charge is 0.475 e. The van der Waals surface area contributed by atoms with Crippen molar-refractivity contribution in [3.63, 3.8) is 0 Å². The van der Waals surface area contributed by atoms with Crippen LogP contribution in [-0.2, 0) is 11.3 Å². The first-order valence-corrected chi connectivity index (χ1v) is 6.99. The van der Waals surface area contributed by atoms with Gasteiger partial charge >= 0.3 is 0 Å². The molecule has 0 spiro atoms. The molecule has 0 fully saturated rings. The third-order valence-electron chi connectivity index (χ3n) is 2.42. The molecule has 19 heavy (non-hydrogen) atoms. The summed E-state index contributed by atoms with van der Waals surface area (Å²) < 4.78 is 11.0. The molecule has 0 atom stereocenters. The van der Waals surface area contributed by atoms with Crippen LogP contribution in [0.25, 0.3) is 0 Å². The summed E-state index contributed by atoms with van der Waals surface area (Å²) >= 11 is 0. The molecule has 0 aliphatic rings. The van der Waals surface area contributed by atoms with Crippen molar-refractivity contribution in [2.75, 3.05) is 19.8 Å². The molecular weight excluding hydrogens is 240 g/mol. The number of pyridine rings is 1. The van der Waals surface area contributed by atoms with Gasteiger partial charge in [-0.2, -0.15) is 0 Å². The van der Waals surface area contributed by atoms with Crippen molar-refractivity contribution in [1.29, 1.82) is 0 Å². The Morgan fingerprint density at radius 1 is 1.16 bits per heavy atom. The normalized spacial score (nSPS) is 11.3. The number of nitrogens with zero attached hydrogens (tertiary/aromatic N) is 1. The fourth-order valence-electron chi connectivity index (χ4n) is 1.56. The van der Waals surface area contributed by atoms with Gasteiger partial charge in [-0.15, -0.1) is 0 Å². The Labute approximate surface area is 116 Å². The smallest absolute Gasteiger partial charge is 0.213 e. The SMILES string of the molecule is CC(C)CNCc1cccc(OCCOC(C)C)n1. The number of hydrogen-bond acceptors (Lipinski definition) is 4. The molecule has 0 aliphatic carbocycles. The van der Waals surface area contributed by atoms with Crippen LogP contribution >= 0.6 is 0 Å². The number of rotatable bonds is 9. The second-order valence-corrected chi connectivity index (χ2v) is 5.26. The highest BCUT2D eigenvalue weighted by Gasteiger charge is 2.00. The Morgan fingerprint density at radius 2 is 1.95 bits per heavy atom. The second kappa shape index (κ2) is 8.88. The van der Waals surface area contributed by atoms with E-state index in [-0.39, 0.29) is 6.10 Å². The first kappa shape index (κ1) is 15.9. The number of nitrogens with one attached hydrogen (secondary N) is 1. The zero-order valence-corrected chi connectivity index (χ0v) is 12.5. The van der Waals surface area contributed by atoms with Crippen LogP contribution in [0.5, 0.6) is 5.88 Å². The van der Waals surface area contributed by atoms with Crippen LogP contribution in [0.15, 0.2) is 18.2 Å². The topological polar surface area (TPSA) is 43.4 Å². The quantitative estimate of drug-likeness (QED) is 0.698. The van der Waals surface area contributed by atoms with Gasteiger partial charge in [0.05, 0.1) is 18.4 Å². The van der Waals surface area contributed by atoms with E-state index in [1.807, 2.05) is 32.0 Å². The van der Waals surface area contributed by atoms with E-state index in [1.165, 1.54) is 0 Å². The average molecular weight is 266 g/mol. The summed E-state index contributed by atoms with van der Waals surface area (Å²) in [6, 6.07) is 5.85. The molecule has 0 amide bonds. The van der Waals surface area contributed by atoms with Gasteiger partial charge in [0.25, 0.3) is 0 Å². The molecule has 1 rings (SSSR count). The summed E-state index contributed by atoms with van der Waals surface area (Å²) in [6.07, 6.45) is 0.239. The van der Waals surface area contributed by atoms with E-state index < -0.39 is 0 Å². The van der Waals surface area contributed by atoms with Gasteiger partial charge in [0.1, 0.15) is 6.61 Å². The maximum atomic E-state index is 5.56.